The number of halogens is 1. The van der Waals surface area contributed by atoms with Crippen molar-refractivity contribution < 1.29 is 12.8 Å². The van der Waals surface area contributed by atoms with Gasteiger partial charge in [-0.3, -0.25) is 4.57 Å². The van der Waals surface area contributed by atoms with Crippen LogP contribution < -0.4 is 10.4 Å². The summed E-state index contributed by atoms with van der Waals surface area (Å²) in [6.45, 7) is 0.0201. The van der Waals surface area contributed by atoms with E-state index < -0.39 is 15.8 Å². The van der Waals surface area contributed by atoms with Gasteiger partial charge in [-0.2, -0.15) is 0 Å². The van der Waals surface area contributed by atoms with Gasteiger partial charge in [0.2, 0.25) is 10.0 Å². The van der Waals surface area contributed by atoms with Crippen molar-refractivity contribution in [3.8, 4) is 10.7 Å². The molecule has 0 bridgehead atoms. The second-order valence-electron chi connectivity index (χ2n) is 5.22. The lowest BCUT2D eigenvalue weighted by molar-refractivity contribution is 0.549. The molecule has 0 fully saturated rings. The average Bonchev–Trinajstić information content (AvgIpc) is 3.19. The van der Waals surface area contributed by atoms with Crippen molar-refractivity contribution >= 4 is 21.4 Å². The van der Waals surface area contributed by atoms with Crippen LogP contribution in [0.4, 0.5) is 4.39 Å². The maximum atomic E-state index is 13.2. The number of nitrogens with zero attached hydrogens (tertiary/aromatic N) is 3. The molecule has 0 atom stereocenters. The lowest BCUT2D eigenvalue weighted by atomic mass is 10.4. The zero-order valence-corrected chi connectivity index (χ0v) is 14.8. The van der Waals surface area contributed by atoms with Gasteiger partial charge in [-0.15, -0.1) is 16.4 Å². The molecule has 3 aromatic rings. The smallest absolute Gasteiger partial charge is 0.277 e. The second-order valence-corrected chi connectivity index (χ2v) is 7.94. The summed E-state index contributed by atoms with van der Waals surface area (Å²) in [5.74, 6) is -0.114. The molecule has 0 aliphatic heterocycles. The van der Waals surface area contributed by atoms with E-state index in [9.17, 15) is 17.6 Å². The molecule has 0 saturated heterocycles. The zero-order valence-electron chi connectivity index (χ0n) is 13.2. The van der Waals surface area contributed by atoms with Crippen LogP contribution in [0, 0.1) is 5.82 Å². The molecule has 132 valence electrons. The molecular formula is C15H15FN4O3S2. The standard InChI is InChI=1S/C15H15FN4O3S2/c1-19-14(13-6-3-9-24-13)18-20(15(19)21)8-7-17-25(22,23)12-5-2-4-11(16)10-12/h2-6,9-10,17H,7-8H2,1H3. The Hall–Kier alpha value is -2.30. The number of hydrogen-bond acceptors (Lipinski definition) is 5. The Morgan fingerprint density at radius 1 is 1.28 bits per heavy atom. The van der Waals surface area contributed by atoms with Crippen molar-refractivity contribution in [1.82, 2.24) is 19.1 Å². The number of hydrogen-bond donors (Lipinski definition) is 1. The van der Waals surface area contributed by atoms with Crippen molar-refractivity contribution in [2.45, 2.75) is 11.4 Å². The van der Waals surface area contributed by atoms with Crippen molar-refractivity contribution in [2.24, 2.45) is 7.05 Å². The molecule has 0 unspecified atom stereocenters. The molecule has 2 heterocycles. The van der Waals surface area contributed by atoms with Crippen LogP contribution in [0.1, 0.15) is 0 Å². The third kappa shape index (κ3) is 3.70. The third-order valence-corrected chi connectivity index (χ3v) is 5.83. The maximum absolute atomic E-state index is 13.2. The molecule has 7 nitrogen and oxygen atoms in total. The fourth-order valence-electron chi connectivity index (χ4n) is 2.26. The molecule has 25 heavy (non-hydrogen) atoms. The number of aromatic nitrogens is 3. The molecule has 1 aromatic carbocycles. The zero-order chi connectivity index (χ0) is 18.0. The molecule has 3 rings (SSSR count). The van der Waals surface area contributed by atoms with Gasteiger partial charge in [-0.25, -0.2) is 27.0 Å². The van der Waals surface area contributed by atoms with E-state index in [0.717, 1.165) is 10.9 Å². The molecule has 1 N–H and O–H groups in total. The van der Waals surface area contributed by atoms with Crippen molar-refractivity contribution in [1.29, 1.82) is 0 Å². The fourth-order valence-corrected chi connectivity index (χ4v) is 4.05. The quantitative estimate of drug-likeness (QED) is 0.699. The number of benzene rings is 1. The lowest BCUT2D eigenvalue weighted by Crippen LogP contribution is -2.31. The first kappa shape index (κ1) is 17.5. The van der Waals surface area contributed by atoms with E-state index in [0.29, 0.717) is 5.82 Å². The normalized spacial score (nSPS) is 11.8. The van der Waals surface area contributed by atoms with Crippen LogP contribution in [0.2, 0.25) is 0 Å². The van der Waals surface area contributed by atoms with E-state index >= 15 is 0 Å². The van der Waals surface area contributed by atoms with Gasteiger partial charge >= 0.3 is 5.69 Å². The maximum Gasteiger partial charge on any atom is 0.345 e. The van der Waals surface area contributed by atoms with Crippen LogP contribution in [-0.2, 0) is 23.6 Å². The van der Waals surface area contributed by atoms with E-state index in [1.54, 1.807) is 7.05 Å². The fraction of sp³-hybridized carbons (Fsp3) is 0.200. The molecular weight excluding hydrogens is 367 g/mol. The topological polar surface area (TPSA) is 86.0 Å². The number of thiophene rings is 1. The van der Waals surface area contributed by atoms with Gasteiger partial charge in [-0.1, -0.05) is 12.1 Å². The first-order valence-electron chi connectivity index (χ1n) is 7.31. The van der Waals surface area contributed by atoms with Crippen molar-refractivity contribution in [3.05, 3.63) is 58.1 Å². The molecule has 10 heteroatoms. The summed E-state index contributed by atoms with van der Waals surface area (Å²) < 4.78 is 42.4. The van der Waals surface area contributed by atoms with Crippen molar-refractivity contribution in [2.75, 3.05) is 6.54 Å². The SMILES string of the molecule is Cn1c(-c2cccs2)nn(CCNS(=O)(=O)c2cccc(F)c2)c1=O. The van der Waals surface area contributed by atoms with Gasteiger partial charge in [0, 0.05) is 13.6 Å². The van der Waals surface area contributed by atoms with Crippen LogP contribution in [0.5, 0.6) is 0 Å². The van der Waals surface area contributed by atoms with Gasteiger partial charge in [0.05, 0.1) is 16.3 Å². The van der Waals surface area contributed by atoms with Crippen LogP contribution >= 0.6 is 11.3 Å². The van der Waals surface area contributed by atoms with Crippen LogP contribution in [0.15, 0.2) is 51.5 Å². The summed E-state index contributed by atoms with van der Waals surface area (Å²) >= 11 is 1.46. The minimum absolute atomic E-state index is 0.0420. The third-order valence-electron chi connectivity index (χ3n) is 3.50. The second kappa shape index (κ2) is 6.90. The largest absolute Gasteiger partial charge is 0.345 e. The predicted octanol–water partition coefficient (Wildman–Crippen LogP) is 1.43. The Labute approximate surface area is 147 Å². The van der Waals surface area contributed by atoms with Gasteiger partial charge in [0.1, 0.15) is 5.82 Å². The number of sulfonamides is 1. The van der Waals surface area contributed by atoms with E-state index in [4.69, 9.17) is 0 Å². The Morgan fingerprint density at radius 3 is 2.76 bits per heavy atom. The molecule has 2 aromatic heterocycles. The van der Waals surface area contributed by atoms with Gasteiger partial charge in [-0.05, 0) is 29.6 Å². The Morgan fingerprint density at radius 2 is 2.08 bits per heavy atom. The monoisotopic (exact) mass is 382 g/mol. The highest BCUT2D eigenvalue weighted by Gasteiger charge is 2.16. The summed E-state index contributed by atoms with van der Waals surface area (Å²) in [5.41, 5.74) is -0.339. The van der Waals surface area contributed by atoms with Gasteiger partial charge in [0.25, 0.3) is 0 Å². The minimum atomic E-state index is -3.85. The van der Waals surface area contributed by atoms with Crippen LogP contribution in [-0.4, -0.2) is 29.3 Å². The van der Waals surface area contributed by atoms with Crippen LogP contribution in [0.3, 0.4) is 0 Å². The van der Waals surface area contributed by atoms with Gasteiger partial charge < -0.3 is 0 Å². The highest BCUT2D eigenvalue weighted by molar-refractivity contribution is 7.89. The molecule has 0 saturated carbocycles. The summed E-state index contributed by atoms with van der Waals surface area (Å²) in [5, 5.41) is 6.12. The first-order valence-corrected chi connectivity index (χ1v) is 9.68. The summed E-state index contributed by atoms with van der Waals surface area (Å²) in [4.78, 5) is 12.9. The van der Waals surface area contributed by atoms with Crippen molar-refractivity contribution in [3.63, 3.8) is 0 Å². The lowest BCUT2D eigenvalue weighted by Gasteiger charge is -2.06. The summed E-state index contributed by atoms with van der Waals surface area (Å²) in [7, 11) is -2.24. The minimum Gasteiger partial charge on any atom is -0.277 e. The number of rotatable bonds is 6. The van der Waals surface area contributed by atoms with E-state index in [2.05, 4.69) is 9.82 Å². The van der Waals surface area contributed by atoms with Crippen LogP contribution in [0.25, 0.3) is 10.7 Å². The highest BCUT2D eigenvalue weighted by atomic mass is 32.2. The van der Waals surface area contributed by atoms with E-state index in [-0.39, 0.29) is 23.7 Å². The highest BCUT2D eigenvalue weighted by Crippen LogP contribution is 2.20. The molecule has 0 aliphatic carbocycles. The molecule has 0 spiro atoms. The first-order chi connectivity index (χ1) is 11.9. The Balaban J connectivity index is 1.72. The molecule has 0 radical (unpaired) electrons. The van der Waals surface area contributed by atoms with E-state index in [1.807, 2.05) is 17.5 Å². The summed E-state index contributed by atoms with van der Waals surface area (Å²) in [6, 6.07) is 8.43. The van der Waals surface area contributed by atoms with Gasteiger partial charge in [0.15, 0.2) is 5.82 Å². The Bertz CT molecular complexity index is 1040. The molecule has 0 aliphatic rings. The average molecular weight is 382 g/mol. The van der Waals surface area contributed by atoms with E-state index in [1.165, 1.54) is 38.8 Å². The Kier molecular flexibility index (Phi) is 4.84. The molecule has 0 amide bonds. The number of nitrogens with one attached hydrogen (secondary N) is 1. The summed E-state index contributed by atoms with van der Waals surface area (Å²) in [6.07, 6.45) is 0. The predicted molar refractivity (Wildman–Crippen MR) is 92.4 cm³/mol.